The summed E-state index contributed by atoms with van der Waals surface area (Å²) in [4.78, 5) is 1.28. The number of hydrogen-bond acceptors (Lipinski definition) is 2. The highest BCUT2D eigenvalue weighted by Crippen LogP contribution is 2.28. The summed E-state index contributed by atoms with van der Waals surface area (Å²) >= 11 is 1.57. The highest BCUT2D eigenvalue weighted by molar-refractivity contribution is 7.27. The van der Waals surface area contributed by atoms with Crippen molar-refractivity contribution in [3.8, 4) is 11.3 Å². The average molecular weight is 247 g/mol. The van der Waals surface area contributed by atoms with Gasteiger partial charge in [0.25, 0.3) is 0 Å². The van der Waals surface area contributed by atoms with Crippen molar-refractivity contribution < 1.29 is 0 Å². The molecule has 82 valence electrons. The Bertz CT molecular complexity index is 499. The van der Waals surface area contributed by atoms with Crippen LogP contribution in [0.2, 0.25) is 0 Å². The Kier molecular flexibility index (Phi) is 3.52. The zero-order valence-corrected chi connectivity index (χ0v) is 11.2. The van der Waals surface area contributed by atoms with Crippen LogP contribution < -0.4 is 5.30 Å². The van der Waals surface area contributed by atoms with Gasteiger partial charge in [-0.15, -0.1) is 15.8 Å². The van der Waals surface area contributed by atoms with Crippen LogP contribution in [0.25, 0.3) is 11.3 Å². The van der Waals surface area contributed by atoms with Gasteiger partial charge in [-0.25, -0.2) is 0 Å². The predicted molar refractivity (Wildman–Crippen MR) is 75.5 cm³/mol. The summed E-state index contributed by atoms with van der Waals surface area (Å²) in [6, 6.07) is 8.41. The first-order valence-electron chi connectivity index (χ1n) is 5.14. The molecule has 0 fully saturated rings. The molecule has 1 nitrogen and oxygen atoms in total. The second-order valence-corrected chi connectivity index (χ2v) is 5.32. The van der Waals surface area contributed by atoms with E-state index in [9.17, 15) is 0 Å². The predicted octanol–water partition coefficient (Wildman–Crippen LogP) is 3.35. The lowest BCUT2D eigenvalue weighted by molar-refractivity contribution is 1.25. The summed E-state index contributed by atoms with van der Waals surface area (Å²) in [7, 11) is 2.69. The fourth-order valence-corrected chi connectivity index (χ4v) is 2.57. The quantitative estimate of drug-likeness (QED) is 0.598. The van der Waals surface area contributed by atoms with Crippen LogP contribution in [-0.2, 0) is 6.42 Å². The maximum atomic E-state index is 4.52. The molecule has 0 bridgehead atoms. The van der Waals surface area contributed by atoms with Gasteiger partial charge in [0.15, 0.2) is 0 Å². The molecule has 0 N–H and O–H groups in total. The van der Waals surface area contributed by atoms with E-state index in [0.29, 0.717) is 0 Å². The van der Waals surface area contributed by atoms with Gasteiger partial charge in [-0.1, -0.05) is 30.3 Å². The molecule has 0 spiro atoms. The summed E-state index contributed by atoms with van der Waals surface area (Å²) < 4.78 is 4.52. The van der Waals surface area contributed by atoms with Gasteiger partial charge in [0.05, 0.1) is 5.69 Å². The van der Waals surface area contributed by atoms with Crippen molar-refractivity contribution in [2.45, 2.75) is 13.3 Å². The van der Waals surface area contributed by atoms with Crippen LogP contribution in [0, 0.1) is 6.92 Å². The molecule has 0 aliphatic heterocycles. The first-order chi connectivity index (χ1) is 7.72. The Labute approximate surface area is 103 Å². The lowest BCUT2D eigenvalue weighted by Crippen LogP contribution is -1.91. The Morgan fingerprint density at radius 1 is 1.38 bits per heavy atom. The second kappa shape index (κ2) is 4.90. The van der Waals surface area contributed by atoms with Gasteiger partial charge in [-0.2, -0.15) is 4.37 Å². The maximum Gasteiger partial charge on any atom is 0.0878 e. The molecular formula is C13H14NPS. The minimum atomic E-state index is 0.889. The van der Waals surface area contributed by atoms with Gasteiger partial charge in [0.1, 0.15) is 0 Å². The second-order valence-electron chi connectivity index (χ2n) is 3.68. The minimum absolute atomic E-state index is 0.889. The van der Waals surface area contributed by atoms with E-state index in [1.807, 2.05) is 6.08 Å². The molecule has 1 heterocycles. The standard InChI is InChI=1S/C13H14NPS/c1-3-4-12-9(2)16-14-13(12)10-5-7-11(15)8-6-10/h3,5-8H,1,4,15H2,2H3. The van der Waals surface area contributed by atoms with Crippen molar-refractivity contribution in [3.63, 3.8) is 0 Å². The van der Waals surface area contributed by atoms with E-state index in [1.54, 1.807) is 11.5 Å². The summed E-state index contributed by atoms with van der Waals surface area (Å²) in [6.07, 6.45) is 2.82. The third kappa shape index (κ3) is 2.23. The lowest BCUT2D eigenvalue weighted by Gasteiger charge is -2.02. The van der Waals surface area contributed by atoms with Crippen LogP contribution in [0.15, 0.2) is 36.9 Å². The van der Waals surface area contributed by atoms with Crippen LogP contribution in [-0.4, -0.2) is 4.37 Å². The van der Waals surface area contributed by atoms with E-state index in [-0.39, 0.29) is 0 Å². The van der Waals surface area contributed by atoms with Crippen molar-refractivity contribution >= 4 is 26.1 Å². The van der Waals surface area contributed by atoms with Crippen LogP contribution in [0.1, 0.15) is 10.4 Å². The summed E-state index contributed by atoms with van der Waals surface area (Å²) in [5, 5.41) is 1.20. The largest absolute Gasteiger partial charge is 0.192 e. The number of allylic oxidation sites excluding steroid dienone is 1. The van der Waals surface area contributed by atoms with Crippen LogP contribution in [0.5, 0.6) is 0 Å². The number of aromatic nitrogens is 1. The van der Waals surface area contributed by atoms with Gasteiger partial charge in [-0.3, -0.25) is 0 Å². The molecule has 0 saturated heterocycles. The minimum Gasteiger partial charge on any atom is -0.192 e. The smallest absolute Gasteiger partial charge is 0.0878 e. The first-order valence-corrected chi connectivity index (χ1v) is 6.49. The molecule has 0 aliphatic carbocycles. The zero-order chi connectivity index (χ0) is 11.5. The third-order valence-electron chi connectivity index (χ3n) is 2.52. The topological polar surface area (TPSA) is 12.9 Å². The normalized spacial score (nSPS) is 10.4. The molecule has 16 heavy (non-hydrogen) atoms. The van der Waals surface area contributed by atoms with Gasteiger partial charge in [0, 0.05) is 10.4 Å². The average Bonchev–Trinajstić information content (AvgIpc) is 2.63. The Hall–Kier alpha value is -0.980. The Morgan fingerprint density at radius 3 is 2.69 bits per heavy atom. The molecule has 0 aliphatic rings. The Morgan fingerprint density at radius 2 is 2.06 bits per heavy atom. The van der Waals surface area contributed by atoms with E-state index >= 15 is 0 Å². The van der Waals surface area contributed by atoms with Crippen LogP contribution in [0.4, 0.5) is 0 Å². The molecule has 2 rings (SSSR count). The third-order valence-corrected chi connectivity index (χ3v) is 3.70. The fourth-order valence-electron chi connectivity index (χ4n) is 1.64. The molecule has 0 radical (unpaired) electrons. The molecule has 3 heteroatoms. The number of benzene rings is 1. The monoisotopic (exact) mass is 247 g/mol. The highest BCUT2D eigenvalue weighted by atomic mass is 32.1. The van der Waals surface area contributed by atoms with Gasteiger partial charge in [0.2, 0.25) is 0 Å². The fraction of sp³-hybridized carbons (Fsp3) is 0.154. The van der Waals surface area contributed by atoms with E-state index in [4.69, 9.17) is 0 Å². The van der Waals surface area contributed by atoms with E-state index in [1.165, 1.54) is 21.3 Å². The number of rotatable bonds is 3. The van der Waals surface area contributed by atoms with Gasteiger partial charge in [-0.05, 0) is 35.7 Å². The Balaban J connectivity index is 2.47. The van der Waals surface area contributed by atoms with Crippen molar-refractivity contribution in [2.75, 3.05) is 0 Å². The van der Waals surface area contributed by atoms with Crippen molar-refractivity contribution in [1.82, 2.24) is 4.37 Å². The molecule has 1 unspecified atom stereocenters. The molecule has 2 aromatic rings. The van der Waals surface area contributed by atoms with Crippen LogP contribution in [0.3, 0.4) is 0 Å². The molecule has 0 amide bonds. The molecule has 1 aromatic heterocycles. The molecule has 1 atom stereocenters. The van der Waals surface area contributed by atoms with Crippen molar-refractivity contribution in [2.24, 2.45) is 0 Å². The van der Waals surface area contributed by atoms with E-state index in [2.05, 4.69) is 51.4 Å². The summed E-state index contributed by atoms with van der Waals surface area (Å²) in [5.41, 5.74) is 3.59. The molecular weight excluding hydrogens is 233 g/mol. The number of aryl methyl sites for hydroxylation is 1. The van der Waals surface area contributed by atoms with Crippen molar-refractivity contribution in [1.29, 1.82) is 0 Å². The molecule has 0 saturated carbocycles. The SMILES string of the molecule is C=CCc1c(-c2ccc(P)cc2)nsc1C. The van der Waals surface area contributed by atoms with E-state index < -0.39 is 0 Å². The zero-order valence-electron chi connectivity index (χ0n) is 9.23. The summed E-state index contributed by atoms with van der Waals surface area (Å²) in [6.45, 7) is 5.91. The number of nitrogens with zero attached hydrogens (tertiary/aromatic N) is 1. The molecule has 1 aromatic carbocycles. The number of hydrogen-bond donors (Lipinski definition) is 0. The van der Waals surface area contributed by atoms with Gasteiger partial charge < -0.3 is 0 Å². The van der Waals surface area contributed by atoms with Crippen LogP contribution >= 0.6 is 20.8 Å². The van der Waals surface area contributed by atoms with Gasteiger partial charge >= 0.3 is 0 Å². The highest BCUT2D eigenvalue weighted by Gasteiger charge is 2.10. The van der Waals surface area contributed by atoms with E-state index in [0.717, 1.165) is 12.1 Å². The lowest BCUT2D eigenvalue weighted by atomic mass is 10.0. The van der Waals surface area contributed by atoms with Crippen molar-refractivity contribution in [3.05, 3.63) is 47.4 Å². The maximum absolute atomic E-state index is 4.52. The summed E-state index contributed by atoms with van der Waals surface area (Å²) in [5.74, 6) is 0. The first kappa shape index (κ1) is 11.5.